The molecule has 0 aliphatic rings. The van der Waals surface area contributed by atoms with Gasteiger partial charge in [0.1, 0.15) is 30.2 Å². The molecule has 19 nitrogen and oxygen atoms in total. The van der Waals surface area contributed by atoms with Crippen LogP contribution in [0.2, 0.25) is 0 Å². The third kappa shape index (κ3) is 25.2. The fourth-order valence-electron chi connectivity index (χ4n) is 8.54. The molecule has 0 aromatic heterocycles. The first-order valence-corrected chi connectivity index (χ1v) is 26.7. The summed E-state index contributed by atoms with van der Waals surface area (Å²) in [5, 5.41) is 30.4. The molecule has 0 spiro atoms. The Labute approximate surface area is 444 Å². The van der Waals surface area contributed by atoms with E-state index in [9.17, 15) is 38.7 Å². The summed E-state index contributed by atoms with van der Waals surface area (Å²) in [5.41, 5.74) is 26.9. The van der Waals surface area contributed by atoms with E-state index in [-0.39, 0.29) is 63.6 Å². The van der Waals surface area contributed by atoms with Gasteiger partial charge in [0, 0.05) is 19.1 Å². The molecular formula is C56H87N11O8. The zero-order valence-electron chi connectivity index (χ0n) is 44.6. The lowest BCUT2D eigenvalue weighted by molar-refractivity contribution is -0.139. The van der Waals surface area contributed by atoms with Crippen LogP contribution < -0.4 is 60.2 Å². The standard InChI is InChI=1S/C56H87N11O8/c1-37(2)32-48(66-51(69)44(60)35-41-22-12-7-13-23-41)54(72)63-42(24-16-29-57)36-62-47(56(74)75)25-14-15-31-61-52(70)45(26-17-30-58)65-55(73)49(33-38(3)4)67-53(71)46(28-27-39-18-8-5-9-19-39)64-50(68)43(59)34-40-20-10-6-11-21-40/h5-13,18-23,37-38,42-49,62H,14-17,24-36,57-60H2,1-4H3,(H,61,70)(H,63,72)(H,64,68)(H,65,73)(H,66,69)(H,67,71)(H,74,75)/t42-,43-,44-,45?,46-,47-,48-,49-/m1/s1. The van der Waals surface area contributed by atoms with Crippen molar-refractivity contribution in [3.8, 4) is 0 Å². The molecule has 0 heterocycles. The van der Waals surface area contributed by atoms with Gasteiger partial charge in [0.05, 0.1) is 12.1 Å². The van der Waals surface area contributed by atoms with E-state index in [0.29, 0.717) is 57.9 Å². The molecule has 414 valence electrons. The van der Waals surface area contributed by atoms with Gasteiger partial charge in [-0.05, 0) is 125 Å². The Balaban J connectivity index is 1.60. The van der Waals surface area contributed by atoms with E-state index in [1.165, 1.54) is 0 Å². The summed E-state index contributed by atoms with van der Waals surface area (Å²) in [4.78, 5) is 94.3. The number of carbonyl (C=O) groups excluding carboxylic acids is 6. The molecule has 8 atom stereocenters. The van der Waals surface area contributed by atoms with Crippen molar-refractivity contribution < 1.29 is 38.7 Å². The highest BCUT2D eigenvalue weighted by Gasteiger charge is 2.32. The van der Waals surface area contributed by atoms with Crippen molar-refractivity contribution in [3.05, 3.63) is 108 Å². The van der Waals surface area contributed by atoms with Crippen molar-refractivity contribution in [1.82, 2.24) is 37.2 Å². The lowest BCUT2D eigenvalue weighted by Crippen LogP contribution is -2.58. The maximum atomic E-state index is 14.1. The Morgan fingerprint density at radius 1 is 0.467 bits per heavy atom. The molecule has 6 amide bonds. The maximum Gasteiger partial charge on any atom is 0.320 e. The van der Waals surface area contributed by atoms with Crippen LogP contribution in [0.25, 0.3) is 0 Å². The Kier molecular flexibility index (Phi) is 29.5. The number of rotatable bonds is 37. The molecule has 0 radical (unpaired) electrons. The molecule has 0 fully saturated rings. The summed E-state index contributed by atoms with van der Waals surface area (Å²) < 4.78 is 0. The average molecular weight is 1040 g/mol. The third-order valence-corrected chi connectivity index (χ3v) is 12.7. The van der Waals surface area contributed by atoms with Crippen molar-refractivity contribution in [2.75, 3.05) is 26.2 Å². The van der Waals surface area contributed by atoms with Crippen molar-refractivity contribution in [3.63, 3.8) is 0 Å². The highest BCUT2D eigenvalue weighted by Crippen LogP contribution is 2.13. The average Bonchev–Trinajstić information content (AvgIpc) is 3.38. The third-order valence-electron chi connectivity index (χ3n) is 12.7. The molecule has 75 heavy (non-hydrogen) atoms. The van der Waals surface area contributed by atoms with Crippen LogP contribution >= 0.6 is 0 Å². The van der Waals surface area contributed by atoms with Crippen LogP contribution in [0, 0.1) is 11.8 Å². The van der Waals surface area contributed by atoms with Gasteiger partial charge in [-0.25, -0.2) is 0 Å². The summed E-state index contributed by atoms with van der Waals surface area (Å²) in [6.07, 6.45) is 4.61. The fraction of sp³-hybridized carbons (Fsp3) is 0.554. The molecule has 0 aliphatic heterocycles. The summed E-state index contributed by atoms with van der Waals surface area (Å²) >= 11 is 0. The number of aryl methyl sites for hydroxylation is 1. The molecule has 0 saturated carbocycles. The first kappa shape index (κ1) is 63.0. The Bertz CT molecular complexity index is 2170. The molecule has 0 aliphatic carbocycles. The number of aliphatic carboxylic acids is 1. The van der Waals surface area contributed by atoms with Gasteiger partial charge in [-0.1, -0.05) is 119 Å². The minimum Gasteiger partial charge on any atom is -0.480 e. The summed E-state index contributed by atoms with van der Waals surface area (Å²) in [5.74, 6) is -3.98. The lowest BCUT2D eigenvalue weighted by atomic mass is 10.00. The number of unbranched alkanes of at least 4 members (excludes halogenated alkanes) is 1. The highest BCUT2D eigenvalue weighted by atomic mass is 16.4. The fourth-order valence-corrected chi connectivity index (χ4v) is 8.54. The van der Waals surface area contributed by atoms with E-state index in [4.69, 9.17) is 22.9 Å². The van der Waals surface area contributed by atoms with Crippen LogP contribution in [0.5, 0.6) is 0 Å². The molecule has 3 aromatic carbocycles. The van der Waals surface area contributed by atoms with Gasteiger partial charge >= 0.3 is 5.97 Å². The quantitative estimate of drug-likeness (QED) is 0.0369. The lowest BCUT2D eigenvalue weighted by Gasteiger charge is -2.27. The monoisotopic (exact) mass is 1040 g/mol. The normalized spacial score (nSPS) is 14.5. The molecule has 19 heteroatoms. The summed E-state index contributed by atoms with van der Waals surface area (Å²) in [6.45, 7) is 8.64. The van der Waals surface area contributed by atoms with Gasteiger partial charge in [-0.3, -0.25) is 33.6 Å². The van der Waals surface area contributed by atoms with Gasteiger partial charge in [-0.15, -0.1) is 0 Å². The molecule has 3 aromatic rings. The minimum atomic E-state index is -1.08. The van der Waals surface area contributed by atoms with Crippen LogP contribution in [0.15, 0.2) is 91.0 Å². The van der Waals surface area contributed by atoms with Gasteiger partial charge in [0.2, 0.25) is 35.4 Å². The van der Waals surface area contributed by atoms with Crippen LogP contribution in [-0.2, 0) is 52.8 Å². The number of carboxylic acids is 1. The number of benzene rings is 3. The predicted molar refractivity (Wildman–Crippen MR) is 292 cm³/mol. The Hall–Kier alpha value is -6.25. The Morgan fingerprint density at radius 2 is 0.880 bits per heavy atom. The second kappa shape index (κ2) is 35.1. The van der Waals surface area contributed by atoms with E-state index in [1.807, 2.05) is 119 Å². The van der Waals surface area contributed by atoms with Crippen molar-refractivity contribution in [1.29, 1.82) is 0 Å². The van der Waals surface area contributed by atoms with E-state index < -0.39 is 89.7 Å². The smallest absolute Gasteiger partial charge is 0.320 e. The second-order valence-corrected chi connectivity index (χ2v) is 20.3. The topological polar surface area (TPSA) is 328 Å². The molecule has 16 N–H and O–H groups in total. The number of hydrogen-bond donors (Lipinski definition) is 12. The predicted octanol–water partition coefficient (Wildman–Crippen LogP) is 2.08. The van der Waals surface area contributed by atoms with Crippen LogP contribution in [0.1, 0.15) is 109 Å². The van der Waals surface area contributed by atoms with E-state index >= 15 is 0 Å². The zero-order chi connectivity index (χ0) is 55.1. The summed E-state index contributed by atoms with van der Waals surface area (Å²) in [7, 11) is 0. The summed E-state index contributed by atoms with van der Waals surface area (Å²) in [6, 6.07) is 21.1. The van der Waals surface area contributed by atoms with Crippen LogP contribution in [0.4, 0.5) is 0 Å². The molecule has 0 bridgehead atoms. The van der Waals surface area contributed by atoms with Crippen LogP contribution in [0.3, 0.4) is 0 Å². The molecular weight excluding hydrogens is 955 g/mol. The van der Waals surface area contributed by atoms with E-state index in [2.05, 4.69) is 37.2 Å². The first-order valence-electron chi connectivity index (χ1n) is 26.7. The number of amides is 6. The molecule has 0 saturated heterocycles. The van der Waals surface area contributed by atoms with Gasteiger partial charge in [-0.2, -0.15) is 0 Å². The SMILES string of the molecule is CC(C)C[C@@H](NC(=O)[C@H](N)Cc1ccccc1)C(=O)N[C@H](CCCN)CN[C@H](CCCCNC(=O)C(CCCN)NC(=O)[C@@H](CC(C)C)NC(=O)[C@@H](CCc1ccccc1)NC(=O)[C@H](N)Cc1ccccc1)C(=O)O. The van der Waals surface area contributed by atoms with Crippen molar-refractivity contribution >= 4 is 41.4 Å². The van der Waals surface area contributed by atoms with Crippen molar-refractivity contribution in [2.45, 2.75) is 160 Å². The Morgan fingerprint density at radius 3 is 1.37 bits per heavy atom. The van der Waals surface area contributed by atoms with Gasteiger partial charge in [0.15, 0.2) is 0 Å². The maximum absolute atomic E-state index is 14.1. The van der Waals surface area contributed by atoms with E-state index in [0.717, 1.165) is 16.7 Å². The number of nitrogens with two attached hydrogens (primary N) is 4. The van der Waals surface area contributed by atoms with Crippen molar-refractivity contribution in [2.24, 2.45) is 34.8 Å². The highest BCUT2D eigenvalue weighted by molar-refractivity contribution is 5.95. The number of nitrogens with one attached hydrogen (secondary N) is 7. The number of carbonyl (C=O) groups is 7. The largest absolute Gasteiger partial charge is 0.480 e. The zero-order valence-corrected chi connectivity index (χ0v) is 44.6. The number of hydrogen-bond acceptors (Lipinski definition) is 12. The first-order chi connectivity index (χ1) is 35.9. The second-order valence-electron chi connectivity index (χ2n) is 20.3. The molecule has 3 rings (SSSR count). The van der Waals surface area contributed by atoms with E-state index in [1.54, 1.807) is 0 Å². The van der Waals surface area contributed by atoms with Gasteiger partial charge in [0.25, 0.3) is 0 Å². The van der Waals surface area contributed by atoms with Gasteiger partial charge < -0.3 is 65.3 Å². The van der Waals surface area contributed by atoms with Crippen LogP contribution in [-0.4, -0.2) is 121 Å². The number of carboxylic acid groups (broad SMARTS) is 1. The molecule has 1 unspecified atom stereocenters. The minimum absolute atomic E-state index is 0.0366.